The van der Waals surface area contributed by atoms with E-state index in [9.17, 15) is 14.4 Å². The predicted octanol–water partition coefficient (Wildman–Crippen LogP) is 4.62. The fourth-order valence-electron chi connectivity index (χ4n) is 3.87. The van der Waals surface area contributed by atoms with E-state index < -0.39 is 0 Å². The molecule has 0 spiro atoms. The minimum Gasteiger partial charge on any atom is -0.376 e. The Bertz CT molecular complexity index is 1140. The number of carbonyl (C=O) groups excluding carboxylic acids is 3. The number of carbonyl (C=O) groups is 3. The van der Waals surface area contributed by atoms with Gasteiger partial charge in [0.15, 0.2) is 0 Å². The Hall–Kier alpha value is -4.13. The van der Waals surface area contributed by atoms with Crippen molar-refractivity contribution in [1.29, 1.82) is 0 Å². The van der Waals surface area contributed by atoms with Crippen molar-refractivity contribution in [2.75, 3.05) is 35.6 Å². The van der Waals surface area contributed by atoms with Crippen LogP contribution in [0.4, 0.5) is 17.1 Å². The molecule has 0 bridgehead atoms. The smallest absolute Gasteiger partial charge is 0.255 e. The molecule has 3 amide bonds. The average molecular weight is 457 g/mol. The highest BCUT2D eigenvalue weighted by Gasteiger charge is 2.17. The maximum Gasteiger partial charge on any atom is 0.255 e. The zero-order valence-corrected chi connectivity index (χ0v) is 18.9. The van der Waals surface area contributed by atoms with E-state index in [0.717, 1.165) is 31.6 Å². The van der Waals surface area contributed by atoms with E-state index in [1.807, 2.05) is 23.1 Å². The molecule has 0 saturated carbocycles. The monoisotopic (exact) mass is 456 g/mol. The van der Waals surface area contributed by atoms with Crippen LogP contribution in [0.1, 0.15) is 40.0 Å². The van der Waals surface area contributed by atoms with Gasteiger partial charge in [-0.1, -0.05) is 24.3 Å². The average Bonchev–Trinajstić information content (AvgIpc) is 2.88. The van der Waals surface area contributed by atoms with Gasteiger partial charge in [-0.05, 0) is 73.9 Å². The van der Waals surface area contributed by atoms with Gasteiger partial charge in [-0.15, -0.1) is 0 Å². The highest BCUT2D eigenvalue weighted by atomic mass is 16.2. The van der Waals surface area contributed by atoms with Crippen molar-refractivity contribution in [3.8, 4) is 0 Å². The number of nitrogens with zero attached hydrogens (tertiary/aromatic N) is 1. The van der Waals surface area contributed by atoms with Crippen molar-refractivity contribution in [1.82, 2.24) is 4.90 Å². The van der Waals surface area contributed by atoms with E-state index >= 15 is 0 Å². The molecule has 7 heteroatoms. The first-order chi connectivity index (χ1) is 16.6. The molecule has 1 saturated heterocycles. The summed E-state index contributed by atoms with van der Waals surface area (Å²) in [4.78, 5) is 39.2. The second-order valence-corrected chi connectivity index (χ2v) is 8.23. The lowest BCUT2D eigenvalue weighted by Gasteiger charge is -2.26. The van der Waals surface area contributed by atoms with Gasteiger partial charge >= 0.3 is 0 Å². The second kappa shape index (κ2) is 11.1. The predicted molar refractivity (Wildman–Crippen MR) is 134 cm³/mol. The lowest BCUT2D eigenvalue weighted by atomic mass is 10.1. The summed E-state index contributed by atoms with van der Waals surface area (Å²) < 4.78 is 0. The number of hydrogen-bond donors (Lipinski definition) is 3. The third kappa shape index (κ3) is 6.22. The summed E-state index contributed by atoms with van der Waals surface area (Å²) in [5.74, 6) is -0.379. The maximum atomic E-state index is 12.6. The van der Waals surface area contributed by atoms with Crippen LogP contribution in [0.5, 0.6) is 0 Å². The van der Waals surface area contributed by atoms with Crippen LogP contribution in [-0.4, -0.2) is 42.3 Å². The van der Waals surface area contributed by atoms with Gasteiger partial charge in [0.25, 0.3) is 11.8 Å². The zero-order chi connectivity index (χ0) is 23.8. The molecular weight excluding hydrogens is 428 g/mol. The highest BCUT2D eigenvalue weighted by Crippen LogP contribution is 2.17. The SMILES string of the molecule is O=C(CNc1ccc(C(=O)N2CCCCC2)cc1)Nc1cccc(NC(=O)c2ccccc2)c1. The molecule has 1 heterocycles. The molecule has 0 unspecified atom stereocenters. The largest absolute Gasteiger partial charge is 0.376 e. The molecule has 0 aliphatic carbocycles. The van der Waals surface area contributed by atoms with Crippen molar-refractivity contribution in [2.24, 2.45) is 0 Å². The first-order valence-electron chi connectivity index (χ1n) is 11.5. The molecule has 0 atom stereocenters. The van der Waals surface area contributed by atoms with Crippen molar-refractivity contribution in [3.63, 3.8) is 0 Å². The molecule has 3 aromatic rings. The summed E-state index contributed by atoms with van der Waals surface area (Å²) in [5.41, 5.74) is 3.15. The van der Waals surface area contributed by atoms with E-state index in [1.54, 1.807) is 60.7 Å². The summed E-state index contributed by atoms with van der Waals surface area (Å²) in [6.07, 6.45) is 3.30. The lowest BCUT2D eigenvalue weighted by Crippen LogP contribution is -2.35. The standard InChI is InChI=1S/C27H28N4O3/c32-25(19-28-22-14-12-21(13-15-22)27(34)31-16-5-2-6-17-31)29-23-10-7-11-24(18-23)30-26(33)20-8-3-1-4-9-20/h1,3-4,7-15,18,28H,2,5-6,16-17,19H2,(H,29,32)(H,30,33). The summed E-state index contributed by atoms with van der Waals surface area (Å²) >= 11 is 0. The Balaban J connectivity index is 1.27. The van der Waals surface area contributed by atoms with Crippen molar-refractivity contribution in [3.05, 3.63) is 90.0 Å². The van der Waals surface area contributed by atoms with Gasteiger partial charge in [-0.25, -0.2) is 0 Å². The fourth-order valence-corrected chi connectivity index (χ4v) is 3.87. The molecule has 3 aromatic carbocycles. The van der Waals surface area contributed by atoms with Gasteiger partial charge in [-0.2, -0.15) is 0 Å². The summed E-state index contributed by atoms with van der Waals surface area (Å²) in [7, 11) is 0. The number of benzene rings is 3. The molecule has 7 nitrogen and oxygen atoms in total. The Morgan fingerprint density at radius 2 is 1.35 bits per heavy atom. The van der Waals surface area contributed by atoms with E-state index in [4.69, 9.17) is 0 Å². The normalized spacial score (nSPS) is 13.1. The molecule has 4 rings (SSSR count). The minimum atomic E-state index is -0.222. The molecule has 0 aromatic heterocycles. The van der Waals surface area contributed by atoms with Crippen LogP contribution in [0.15, 0.2) is 78.9 Å². The van der Waals surface area contributed by atoms with Gasteiger partial charge in [0.2, 0.25) is 5.91 Å². The lowest BCUT2D eigenvalue weighted by molar-refractivity contribution is -0.114. The van der Waals surface area contributed by atoms with Crippen molar-refractivity contribution >= 4 is 34.8 Å². The zero-order valence-electron chi connectivity index (χ0n) is 18.9. The fraction of sp³-hybridized carbons (Fsp3) is 0.222. The number of anilines is 3. The number of likely N-dealkylation sites (tertiary alicyclic amines) is 1. The number of rotatable bonds is 7. The molecule has 0 radical (unpaired) electrons. The topological polar surface area (TPSA) is 90.5 Å². The number of amides is 3. The first-order valence-corrected chi connectivity index (χ1v) is 11.5. The molecular formula is C27H28N4O3. The van der Waals surface area contributed by atoms with Crippen LogP contribution >= 0.6 is 0 Å². The van der Waals surface area contributed by atoms with E-state index in [-0.39, 0.29) is 24.3 Å². The van der Waals surface area contributed by atoms with Crippen LogP contribution in [0, 0.1) is 0 Å². The van der Waals surface area contributed by atoms with Gasteiger partial charge in [0.05, 0.1) is 6.54 Å². The molecule has 1 fully saturated rings. The van der Waals surface area contributed by atoms with E-state index in [1.165, 1.54) is 6.42 Å². The summed E-state index contributed by atoms with van der Waals surface area (Å²) in [5, 5.41) is 8.73. The quantitative estimate of drug-likeness (QED) is 0.484. The van der Waals surface area contributed by atoms with Gasteiger partial charge in [0, 0.05) is 41.3 Å². The number of hydrogen-bond acceptors (Lipinski definition) is 4. The molecule has 3 N–H and O–H groups in total. The Morgan fingerprint density at radius 3 is 2.06 bits per heavy atom. The van der Waals surface area contributed by atoms with Gasteiger partial charge in [0.1, 0.15) is 0 Å². The maximum absolute atomic E-state index is 12.6. The van der Waals surface area contributed by atoms with E-state index in [0.29, 0.717) is 22.5 Å². The second-order valence-electron chi connectivity index (χ2n) is 8.23. The number of piperidine rings is 1. The first kappa shape index (κ1) is 23.0. The van der Waals surface area contributed by atoms with Crippen LogP contribution in [0.25, 0.3) is 0 Å². The summed E-state index contributed by atoms with van der Waals surface area (Å²) in [6.45, 7) is 1.70. The third-order valence-corrected chi connectivity index (χ3v) is 5.67. The minimum absolute atomic E-state index is 0.0585. The van der Waals surface area contributed by atoms with Crippen LogP contribution in [0.3, 0.4) is 0 Å². The van der Waals surface area contributed by atoms with E-state index in [2.05, 4.69) is 16.0 Å². The summed E-state index contributed by atoms with van der Waals surface area (Å²) in [6, 6.07) is 23.1. The highest BCUT2D eigenvalue weighted by molar-refractivity contribution is 6.04. The number of nitrogens with one attached hydrogen (secondary N) is 3. The van der Waals surface area contributed by atoms with Crippen molar-refractivity contribution in [2.45, 2.75) is 19.3 Å². The third-order valence-electron chi connectivity index (χ3n) is 5.67. The molecule has 174 valence electrons. The molecule has 1 aliphatic rings. The van der Waals surface area contributed by atoms with Crippen LogP contribution < -0.4 is 16.0 Å². The van der Waals surface area contributed by atoms with Crippen LogP contribution in [-0.2, 0) is 4.79 Å². The molecule has 1 aliphatic heterocycles. The van der Waals surface area contributed by atoms with Gasteiger partial charge < -0.3 is 20.9 Å². The Kier molecular flexibility index (Phi) is 7.55. The Morgan fingerprint density at radius 1 is 0.676 bits per heavy atom. The Labute approximate surface area is 199 Å². The van der Waals surface area contributed by atoms with Gasteiger partial charge in [-0.3, -0.25) is 14.4 Å². The van der Waals surface area contributed by atoms with Crippen LogP contribution in [0.2, 0.25) is 0 Å². The van der Waals surface area contributed by atoms with Crippen molar-refractivity contribution < 1.29 is 14.4 Å². The molecule has 34 heavy (non-hydrogen) atoms.